The van der Waals surface area contributed by atoms with Crippen molar-refractivity contribution in [3.63, 3.8) is 0 Å². The molecule has 0 atom stereocenters. The van der Waals surface area contributed by atoms with Gasteiger partial charge in [-0.3, -0.25) is 0 Å². The molecule has 112 valence electrons. The summed E-state index contributed by atoms with van der Waals surface area (Å²) in [6, 6.07) is 9.21. The van der Waals surface area contributed by atoms with Crippen molar-refractivity contribution in [2.75, 3.05) is 12.8 Å². The minimum absolute atomic E-state index is 0.0351. The quantitative estimate of drug-likeness (QED) is 0.860. The first-order chi connectivity index (χ1) is 9.83. The summed E-state index contributed by atoms with van der Waals surface area (Å²) in [5.74, 6) is 0.207. The standard InChI is InChI=1S/C14H13Cl2NO3S/c1-20-10-3-5-13(17)14(7-10)21(18,19)8-9-2-4-11(15)12(16)6-9/h2-7H,8,17H2,1H3. The predicted octanol–water partition coefficient (Wildman–Crippen LogP) is 3.56. The van der Waals surface area contributed by atoms with Gasteiger partial charge in [-0.15, -0.1) is 0 Å². The molecule has 0 fully saturated rings. The number of hydrogen-bond acceptors (Lipinski definition) is 4. The number of benzene rings is 2. The van der Waals surface area contributed by atoms with E-state index >= 15 is 0 Å². The van der Waals surface area contributed by atoms with Crippen molar-refractivity contribution in [2.45, 2.75) is 10.6 Å². The molecule has 0 saturated carbocycles. The van der Waals surface area contributed by atoms with E-state index in [-0.39, 0.29) is 16.3 Å². The number of rotatable bonds is 4. The number of halogens is 2. The van der Waals surface area contributed by atoms with Crippen LogP contribution in [0.4, 0.5) is 5.69 Å². The molecular weight excluding hydrogens is 333 g/mol. The van der Waals surface area contributed by atoms with Gasteiger partial charge in [0.05, 0.1) is 33.5 Å². The third-order valence-corrected chi connectivity index (χ3v) is 5.37. The van der Waals surface area contributed by atoms with Crippen LogP contribution in [-0.2, 0) is 15.6 Å². The molecule has 0 amide bonds. The van der Waals surface area contributed by atoms with E-state index in [1.54, 1.807) is 18.2 Å². The summed E-state index contributed by atoms with van der Waals surface area (Å²) in [6.45, 7) is 0. The number of nitrogens with two attached hydrogens (primary N) is 1. The van der Waals surface area contributed by atoms with Crippen molar-refractivity contribution in [3.05, 3.63) is 52.0 Å². The van der Waals surface area contributed by atoms with E-state index < -0.39 is 9.84 Å². The smallest absolute Gasteiger partial charge is 0.184 e. The molecule has 2 N–H and O–H groups in total. The SMILES string of the molecule is COc1ccc(N)c(S(=O)(=O)Cc2ccc(Cl)c(Cl)c2)c1. The highest BCUT2D eigenvalue weighted by Crippen LogP contribution is 2.29. The molecule has 2 aromatic rings. The van der Waals surface area contributed by atoms with Gasteiger partial charge in [-0.2, -0.15) is 0 Å². The molecule has 4 nitrogen and oxygen atoms in total. The van der Waals surface area contributed by atoms with Gasteiger partial charge in [-0.1, -0.05) is 29.3 Å². The van der Waals surface area contributed by atoms with Gasteiger partial charge in [-0.05, 0) is 29.8 Å². The van der Waals surface area contributed by atoms with E-state index in [0.29, 0.717) is 21.4 Å². The molecule has 0 radical (unpaired) electrons. The highest BCUT2D eigenvalue weighted by molar-refractivity contribution is 7.90. The number of methoxy groups -OCH3 is 1. The molecule has 0 bridgehead atoms. The van der Waals surface area contributed by atoms with E-state index in [4.69, 9.17) is 33.7 Å². The van der Waals surface area contributed by atoms with Crippen LogP contribution >= 0.6 is 23.2 Å². The summed E-state index contributed by atoms with van der Waals surface area (Å²) in [6.07, 6.45) is 0. The molecule has 0 heterocycles. The van der Waals surface area contributed by atoms with Gasteiger partial charge in [0.2, 0.25) is 0 Å². The molecular formula is C14H13Cl2NO3S. The second-order valence-electron chi connectivity index (χ2n) is 4.41. The second-order valence-corrected chi connectivity index (χ2v) is 7.18. The lowest BCUT2D eigenvalue weighted by molar-refractivity contribution is 0.413. The topological polar surface area (TPSA) is 69.4 Å². The van der Waals surface area contributed by atoms with E-state index in [9.17, 15) is 8.42 Å². The average molecular weight is 346 g/mol. The van der Waals surface area contributed by atoms with Crippen molar-refractivity contribution in [3.8, 4) is 5.75 Å². The maximum atomic E-state index is 12.5. The van der Waals surface area contributed by atoms with Gasteiger partial charge < -0.3 is 10.5 Å². The Labute approximate surface area is 133 Å². The Morgan fingerprint density at radius 2 is 1.81 bits per heavy atom. The fourth-order valence-corrected chi connectivity index (χ4v) is 3.66. The zero-order chi connectivity index (χ0) is 15.6. The lowest BCUT2D eigenvalue weighted by atomic mass is 10.2. The van der Waals surface area contributed by atoms with Crippen molar-refractivity contribution in [1.29, 1.82) is 0 Å². The molecule has 2 aromatic carbocycles. The summed E-state index contributed by atoms with van der Waals surface area (Å²) in [5, 5.41) is 0.682. The molecule has 0 unspecified atom stereocenters. The van der Waals surface area contributed by atoms with Gasteiger partial charge in [0.25, 0.3) is 0 Å². The zero-order valence-corrected chi connectivity index (χ0v) is 13.5. The number of ether oxygens (including phenoxy) is 1. The molecule has 0 aromatic heterocycles. The predicted molar refractivity (Wildman–Crippen MR) is 84.8 cm³/mol. The monoisotopic (exact) mass is 345 g/mol. The maximum absolute atomic E-state index is 12.5. The molecule has 0 aliphatic rings. The summed E-state index contributed by atoms with van der Waals surface area (Å²) in [4.78, 5) is 0.0351. The van der Waals surface area contributed by atoms with Crippen LogP contribution in [0.3, 0.4) is 0 Å². The minimum atomic E-state index is -3.61. The average Bonchev–Trinajstić information content (AvgIpc) is 2.43. The van der Waals surface area contributed by atoms with Crippen molar-refractivity contribution >= 4 is 38.7 Å². The number of nitrogen functional groups attached to an aromatic ring is 1. The first-order valence-corrected chi connectivity index (χ1v) is 8.34. The lowest BCUT2D eigenvalue weighted by Crippen LogP contribution is -2.08. The zero-order valence-electron chi connectivity index (χ0n) is 11.1. The Kier molecular flexibility index (Phi) is 4.66. The highest BCUT2D eigenvalue weighted by atomic mass is 35.5. The fraction of sp³-hybridized carbons (Fsp3) is 0.143. The molecule has 0 saturated heterocycles. The van der Waals surface area contributed by atoms with E-state index in [2.05, 4.69) is 0 Å². The minimum Gasteiger partial charge on any atom is -0.497 e. The molecule has 2 rings (SSSR count). The number of sulfone groups is 1. The van der Waals surface area contributed by atoms with Crippen LogP contribution in [0, 0.1) is 0 Å². The molecule has 0 aliphatic heterocycles. The molecule has 7 heteroatoms. The van der Waals surface area contributed by atoms with Gasteiger partial charge in [0, 0.05) is 6.07 Å². The largest absolute Gasteiger partial charge is 0.497 e. The van der Waals surface area contributed by atoms with Gasteiger partial charge in [0.1, 0.15) is 5.75 Å². The van der Waals surface area contributed by atoms with Crippen LogP contribution in [0.1, 0.15) is 5.56 Å². The Balaban J connectivity index is 2.40. The van der Waals surface area contributed by atoms with Crippen LogP contribution in [0.5, 0.6) is 5.75 Å². The van der Waals surface area contributed by atoms with E-state index in [1.165, 1.54) is 25.3 Å². The summed E-state index contributed by atoms with van der Waals surface area (Å²) in [5.41, 5.74) is 6.47. The summed E-state index contributed by atoms with van der Waals surface area (Å²) >= 11 is 11.7. The van der Waals surface area contributed by atoms with Gasteiger partial charge >= 0.3 is 0 Å². The third kappa shape index (κ3) is 3.61. The van der Waals surface area contributed by atoms with Crippen molar-refractivity contribution in [1.82, 2.24) is 0 Å². The Morgan fingerprint density at radius 3 is 2.43 bits per heavy atom. The molecule has 0 aliphatic carbocycles. The van der Waals surface area contributed by atoms with Crippen LogP contribution in [0.2, 0.25) is 10.0 Å². The first-order valence-electron chi connectivity index (χ1n) is 5.93. The van der Waals surface area contributed by atoms with Crippen LogP contribution in [0.15, 0.2) is 41.3 Å². The maximum Gasteiger partial charge on any atom is 0.184 e. The highest BCUT2D eigenvalue weighted by Gasteiger charge is 2.20. The van der Waals surface area contributed by atoms with Gasteiger partial charge in [-0.25, -0.2) is 8.42 Å². The molecule has 0 spiro atoms. The van der Waals surface area contributed by atoms with Crippen LogP contribution in [-0.4, -0.2) is 15.5 Å². The molecule has 21 heavy (non-hydrogen) atoms. The Bertz CT molecular complexity index is 776. The summed E-state index contributed by atoms with van der Waals surface area (Å²) in [7, 11) is -2.15. The number of hydrogen-bond donors (Lipinski definition) is 1. The van der Waals surface area contributed by atoms with E-state index in [0.717, 1.165) is 0 Å². The van der Waals surface area contributed by atoms with Crippen molar-refractivity contribution < 1.29 is 13.2 Å². The normalized spacial score (nSPS) is 11.4. The van der Waals surface area contributed by atoms with Crippen LogP contribution < -0.4 is 10.5 Å². The lowest BCUT2D eigenvalue weighted by Gasteiger charge is -2.10. The first kappa shape index (κ1) is 15.9. The Hall–Kier alpha value is -1.43. The third-order valence-electron chi connectivity index (χ3n) is 2.90. The van der Waals surface area contributed by atoms with Crippen molar-refractivity contribution in [2.24, 2.45) is 0 Å². The van der Waals surface area contributed by atoms with Gasteiger partial charge in [0.15, 0.2) is 9.84 Å². The Morgan fingerprint density at radius 1 is 1.10 bits per heavy atom. The van der Waals surface area contributed by atoms with Crippen LogP contribution in [0.25, 0.3) is 0 Å². The fourth-order valence-electron chi connectivity index (χ4n) is 1.84. The summed E-state index contributed by atoms with van der Waals surface area (Å²) < 4.78 is 30.0. The number of anilines is 1. The second kappa shape index (κ2) is 6.13. The van der Waals surface area contributed by atoms with E-state index in [1.807, 2.05) is 0 Å².